The van der Waals surface area contributed by atoms with Crippen LogP contribution in [-0.2, 0) is 5.41 Å². The van der Waals surface area contributed by atoms with E-state index in [1.54, 1.807) is 0 Å². The van der Waals surface area contributed by atoms with Crippen LogP contribution in [0.15, 0.2) is 12.4 Å². The summed E-state index contributed by atoms with van der Waals surface area (Å²) in [5.74, 6) is 1.17. The van der Waals surface area contributed by atoms with Crippen LogP contribution in [0, 0.1) is 0 Å². The molecule has 0 spiro atoms. The van der Waals surface area contributed by atoms with E-state index in [1.807, 2.05) is 12.4 Å². The van der Waals surface area contributed by atoms with Crippen LogP contribution < -0.4 is 0 Å². The monoisotopic (exact) mass is 136 g/mol. The fourth-order valence-corrected chi connectivity index (χ4v) is 1.54. The van der Waals surface area contributed by atoms with Crippen molar-refractivity contribution in [3.8, 4) is 0 Å². The standard InChI is InChI=1S/C8H12N2/c1-8(3-2-4-8)7-9-5-6-10-7/h5-6H,2-4H2,1H3,(H,9,10). The van der Waals surface area contributed by atoms with Crippen molar-refractivity contribution < 1.29 is 0 Å². The van der Waals surface area contributed by atoms with Gasteiger partial charge in [-0.15, -0.1) is 0 Å². The minimum atomic E-state index is 0.378. The van der Waals surface area contributed by atoms with E-state index in [0.29, 0.717) is 5.41 Å². The van der Waals surface area contributed by atoms with Gasteiger partial charge >= 0.3 is 0 Å². The van der Waals surface area contributed by atoms with Crippen molar-refractivity contribution in [2.75, 3.05) is 0 Å². The fraction of sp³-hybridized carbons (Fsp3) is 0.625. The molecule has 1 aromatic rings. The Kier molecular flexibility index (Phi) is 1.10. The Morgan fingerprint density at radius 2 is 2.40 bits per heavy atom. The van der Waals surface area contributed by atoms with Crippen molar-refractivity contribution in [1.82, 2.24) is 9.97 Å². The molecule has 0 bridgehead atoms. The van der Waals surface area contributed by atoms with Crippen LogP contribution in [0.3, 0.4) is 0 Å². The van der Waals surface area contributed by atoms with Gasteiger partial charge in [0.15, 0.2) is 0 Å². The Bertz CT molecular complexity index is 209. The molecular formula is C8H12N2. The molecule has 1 heterocycles. The lowest BCUT2D eigenvalue weighted by Crippen LogP contribution is -2.31. The molecule has 0 aromatic carbocycles. The first-order valence-corrected chi connectivity index (χ1v) is 3.81. The number of nitrogens with one attached hydrogen (secondary N) is 1. The molecule has 2 heteroatoms. The Balaban J connectivity index is 2.27. The molecule has 0 radical (unpaired) electrons. The minimum absolute atomic E-state index is 0.378. The van der Waals surface area contributed by atoms with Gasteiger partial charge in [0.1, 0.15) is 5.82 Å². The quantitative estimate of drug-likeness (QED) is 0.627. The second kappa shape index (κ2) is 1.84. The van der Waals surface area contributed by atoms with Gasteiger partial charge in [0.2, 0.25) is 0 Å². The van der Waals surface area contributed by atoms with Crippen LogP contribution in [-0.4, -0.2) is 9.97 Å². The van der Waals surface area contributed by atoms with E-state index < -0.39 is 0 Å². The normalized spacial score (nSPS) is 22.1. The maximum atomic E-state index is 4.25. The summed E-state index contributed by atoms with van der Waals surface area (Å²) in [7, 11) is 0. The molecule has 0 amide bonds. The summed E-state index contributed by atoms with van der Waals surface area (Å²) in [5, 5.41) is 0. The van der Waals surface area contributed by atoms with E-state index in [9.17, 15) is 0 Å². The molecule has 0 atom stereocenters. The third kappa shape index (κ3) is 0.681. The average molecular weight is 136 g/mol. The molecule has 1 fully saturated rings. The molecule has 1 N–H and O–H groups in total. The first-order chi connectivity index (χ1) is 4.81. The van der Waals surface area contributed by atoms with Crippen LogP contribution in [0.25, 0.3) is 0 Å². The van der Waals surface area contributed by atoms with Crippen molar-refractivity contribution in [2.45, 2.75) is 31.6 Å². The first kappa shape index (κ1) is 5.96. The number of hydrogen-bond donors (Lipinski definition) is 1. The van der Waals surface area contributed by atoms with Crippen LogP contribution in [0.2, 0.25) is 0 Å². The van der Waals surface area contributed by atoms with Crippen LogP contribution >= 0.6 is 0 Å². The van der Waals surface area contributed by atoms with Crippen molar-refractivity contribution in [2.24, 2.45) is 0 Å². The van der Waals surface area contributed by atoms with Crippen LogP contribution in [0.4, 0.5) is 0 Å². The molecule has 0 aliphatic heterocycles. The predicted molar refractivity (Wildman–Crippen MR) is 39.8 cm³/mol. The highest BCUT2D eigenvalue weighted by molar-refractivity contribution is 5.10. The maximum absolute atomic E-state index is 4.25. The van der Waals surface area contributed by atoms with Crippen molar-refractivity contribution in [3.63, 3.8) is 0 Å². The van der Waals surface area contributed by atoms with E-state index in [4.69, 9.17) is 0 Å². The van der Waals surface area contributed by atoms with E-state index in [2.05, 4.69) is 16.9 Å². The summed E-state index contributed by atoms with van der Waals surface area (Å²) in [4.78, 5) is 7.42. The minimum Gasteiger partial charge on any atom is -0.348 e. The lowest BCUT2D eigenvalue weighted by atomic mass is 9.70. The Labute approximate surface area is 60.7 Å². The number of H-pyrrole nitrogens is 1. The van der Waals surface area contributed by atoms with E-state index in [-0.39, 0.29) is 0 Å². The number of hydrogen-bond acceptors (Lipinski definition) is 1. The highest BCUT2D eigenvalue weighted by Gasteiger charge is 2.35. The van der Waals surface area contributed by atoms with Crippen molar-refractivity contribution in [3.05, 3.63) is 18.2 Å². The molecule has 0 unspecified atom stereocenters. The first-order valence-electron chi connectivity index (χ1n) is 3.81. The number of aromatic amines is 1. The van der Waals surface area contributed by atoms with E-state index >= 15 is 0 Å². The van der Waals surface area contributed by atoms with E-state index in [1.165, 1.54) is 25.1 Å². The lowest BCUT2D eigenvalue weighted by molar-refractivity contribution is 0.258. The molecule has 54 valence electrons. The van der Waals surface area contributed by atoms with Crippen molar-refractivity contribution in [1.29, 1.82) is 0 Å². The zero-order valence-electron chi connectivity index (χ0n) is 6.22. The van der Waals surface area contributed by atoms with Gasteiger partial charge in [-0.2, -0.15) is 0 Å². The summed E-state index contributed by atoms with van der Waals surface area (Å²) in [6.45, 7) is 2.27. The lowest BCUT2D eigenvalue weighted by Gasteiger charge is -2.36. The molecule has 10 heavy (non-hydrogen) atoms. The third-order valence-corrected chi connectivity index (χ3v) is 2.53. The van der Waals surface area contributed by atoms with Gasteiger partial charge in [-0.05, 0) is 12.8 Å². The van der Waals surface area contributed by atoms with E-state index in [0.717, 1.165) is 0 Å². The van der Waals surface area contributed by atoms with Crippen LogP contribution in [0.5, 0.6) is 0 Å². The van der Waals surface area contributed by atoms with Gasteiger partial charge in [0, 0.05) is 17.8 Å². The van der Waals surface area contributed by atoms with Gasteiger partial charge < -0.3 is 4.98 Å². The molecule has 1 aromatic heterocycles. The Hall–Kier alpha value is -0.790. The summed E-state index contributed by atoms with van der Waals surface area (Å²) < 4.78 is 0. The zero-order chi connectivity index (χ0) is 7.03. The molecule has 0 saturated heterocycles. The highest BCUT2D eigenvalue weighted by atomic mass is 14.9. The average Bonchev–Trinajstić information content (AvgIpc) is 2.33. The van der Waals surface area contributed by atoms with Gasteiger partial charge in [-0.3, -0.25) is 0 Å². The van der Waals surface area contributed by atoms with Gasteiger partial charge in [0.05, 0.1) is 0 Å². The second-order valence-electron chi connectivity index (χ2n) is 3.35. The summed E-state index contributed by atoms with van der Waals surface area (Å²) in [6.07, 6.45) is 7.68. The van der Waals surface area contributed by atoms with Gasteiger partial charge in [-0.25, -0.2) is 4.98 Å². The number of rotatable bonds is 1. The summed E-state index contributed by atoms with van der Waals surface area (Å²) in [6, 6.07) is 0. The number of aromatic nitrogens is 2. The topological polar surface area (TPSA) is 28.7 Å². The van der Waals surface area contributed by atoms with Gasteiger partial charge in [0.25, 0.3) is 0 Å². The molecular weight excluding hydrogens is 124 g/mol. The highest BCUT2D eigenvalue weighted by Crippen LogP contribution is 2.41. The smallest absolute Gasteiger partial charge is 0.111 e. The zero-order valence-corrected chi connectivity index (χ0v) is 6.22. The number of nitrogens with zero attached hydrogens (tertiary/aromatic N) is 1. The Morgan fingerprint density at radius 3 is 2.80 bits per heavy atom. The SMILES string of the molecule is CC1(c2ncc[nH]2)CCC1. The molecule has 1 saturated carbocycles. The van der Waals surface area contributed by atoms with Crippen LogP contribution in [0.1, 0.15) is 32.0 Å². The molecule has 2 nitrogen and oxygen atoms in total. The Morgan fingerprint density at radius 1 is 1.60 bits per heavy atom. The molecule has 1 aliphatic carbocycles. The maximum Gasteiger partial charge on any atom is 0.111 e. The second-order valence-corrected chi connectivity index (χ2v) is 3.35. The molecule has 2 rings (SSSR count). The molecule has 1 aliphatic rings. The summed E-state index contributed by atoms with van der Waals surface area (Å²) >= 11 is 0. The predicted octanol–water partition coefficient (Wildman–Crippen LogP) is 1.85. The largest absolute Gasteiger partial charge is 0.348 e. The number of imidazole rings is 1. The third-order valence-electron chi connectivity index (χ3n) is 2.53. The van der Waals surface area contributed by atoms with Gasteiger partial charge in [-0.1, -0.05) is 13.3 Å². The van der Waals surface area contributed by atoms with Crippen molar-refractivity contribution >= 4 is 0 Å². The fourth-order valence-electron chi connectivity index (χ4n) is 1.54. The summed E-state index contributed by atoms with van der Waals surface area (Å²) in [5.41, 5.74) is 0.378.